The van der Waals surface area contributed by atoms with Crippen molar-refractivity contribution in [2.45, 2.75) is 78.1 Å². The van der Waals surface area contributed by atoms with Crippen molar-refractivity contribution in [2.75, 3.05) is 13.2 Å². The van der Waals surface area contributed by atoms with Crippen LogP contribution in [0.3, 0.4) is 0 Å². The minimum atomic E-state index is -3.80. The first kappa shape index (κ1) is 19.1. The average molecular weight is 294 g/mol. The van der Waals surface area contributed by atoms with Crippen molar-refractivity contribution < 1.29 is 18.5 Å². The number of phosphoric acid groups is 1. The summed E-state index contributed by atoms with van der Waals surface area (Å²) in [4.78, 5) is 9.42. The maximum Gasteiger partial charge on any atom is 0.472 e. The van der Waals surface area contributed by atoms with Gasteiger partial charge in [-0.05, 0) is 12.8 Å². The van der Waals surface area contributed by atoms with Crippen LogP contribution in [-0.2, 0) is 13.6 Å². The Morgan fingerprint density at radius 3 is 1.58 bits per heavy atom. The van der Waals surface area contributed by atoms with Crippen LogP contribution in [0.1, 0.15) is 78.1 Å². The largest absolute Gasteiger partial charge is 0.472 e. The van der Waals surface area contributed by atoms with E-state index < -0.39 is 7.82 Å². The second-order valence-electron chi connectivity index (χ2n) is 4.96. The van der Waals surface area contributed by atoms with E-state index >= 15 is 0 Å². The Morgan fingerprint density at radius 1 is 0.737 bits per heavy atom. The van der Waals surface area contributed by atoms with E-state index in [1.807, 2.05) is 0 Å². The molecule has 0 amide bonds. The summed E-state index contributed by atoms with van der Waals surface area (Å²) < 4.78 is 21.3. The lowest BCUT2D eigenvalue weighted by atomic mass is 10.1. The minimum absolute atomic E-state index is 0.310. The fourth-order valence-corrected chi connectivity index (χ4v) is 2.60. The first-order chi connectivity index (χ1) is 9.12. The smallest absolute Gasteiger partial charge is 0.302 e. The summed E-state index contributed by atoms with van der Waals surface area (Å²) in [6.45, 7) is 4.93. The zero-order valence-electron chi connectivity index (χ0n) is 12.6. The van der Waals surface area contributed by atoms with Crippen molar-refractivity contribution in [1.82, 2.24) is 0 Å². The Kier molecular flexibility index (Phi) is 13.2. The molecule has 0 aromatic carbocycles. The molecule has 116 valence electrons. The summed E-state index contributed by atoms with van der Waals surface area (Å²) in [5, 5.41) is 0. The van der Waals surface area contributed by atoms with Crippen LogP contribution in [0.25, 0.3) is 0 Å². The fourth-order valence-electron chi connectivity index (χ4n) is 1.81. The Labute approximate surface area is 118 Å². The number of rotatable bonds is 14. The molecule has 1 atom stereocenters. The van der Waals surface area contributed by atoms with Gasteiger partial charge in [0.2, 0.25) is 0 Å². The van der Waals surface area contributed by atoms with Gasteiger partial charge < -0.3 is 4.89 Å². The fraction of sp³-hybridized carbons (Fsp3) is 1.00. The summed E-state index contributed by atoms with van der Waals surface area (Å²) >= 11 is 0. The van der Waals surface area contributed by atoms with Gasteiger partial charge in [0.05, 0.1) is 13.2 Å². The summed E-state index contributed by atoms with van der Waals surface area (Å²) in [7, 11) is -3.80. The molecule has 1 unspecified atom stereocenters. The standard InChI is InChI=1S/C14H31O4P/c1-3-5-7-9-10-12-14-18-19(15,16)17-13-11-8-6-4-2/h3-14H2,1-2H3,(H,15,16). The Morgan fingerprint density at radius 2 is 1.11 bits per heavy atom. The molecular formula is C14H31O4P. The lowest BCUT2D eigenvalue weighted by Crippen LogP contribution is -1.99. The Bertz CT molecular complexity index is 233. The Hall–Kier alpha value is 0.110. The molecule has 0 saturated carbocycles. The van der Waals surface area contributed by atoms with Gasteiger partial charge in [0.15, 0.2) is 0 Å². The molecular weight excluding hydrogens is 263 g/mol. The lowest BCUT2D eigenvalue weighted by molar-refractivity contribution is 0.145. The maximum absolute atomic E-state index is 11.5. The van der Waals surface area contributed by atoms with E-state index in [9.17, 15) is 9.46 Å². The zero-order valence-corrected chi connectivity index (χ0v) is 13.5. The highest BCUT2D eigenvalue weighted by Gasteiger charge is 2.19. The molecule has 1 N–H and O–H groups in total. The number of hydrogen-bond donors (Lipinski definition) is 1. The molecule has 5 heteroatoms. The van der Waals surface area contributed by atoms with Gasteiger partial charge in [-0.15, -0.1) is 0 Å². The van der Waals surface area contributed by atoms with Crippen molar-refractivity contribution in [3.05, 3.63) is 0 Å². The molecule has 0 spiro atoms. The summed E-state index contributed by atoms with van der Waals surface area (Å²) in [5.41, 5.74) is 0. The summed E-state index contributed by atoms with van der Waals surface area (Å²) in [5.74, 6) is 0. The second-order valence-corrected chi connectivity index (χ2v) is 6.42. The van der Waals surface area contributed by atoms with Gasteiger partial charge in [-0.3, -0.25) is 9.05 Å². The van der Waals surface area contributed by atoms with Gasteiger partial charge in [0, 0.05) is 0 Å². The van der Waals surface area contributed by atoms with Crippen molar-refractivity contribution >= 4 is 7.82 Å². The molecule has 4 nitrogen and oxygen atoms in total. The summed E-state index contributed by atoms with van der Waals surface area (Å²) in [6.07, 6.45) is 10.9. The molecule has 0 fully saturated rings. The number of unbranched alkanes of at least 4 members (excludes halogenated alkanes) is 8. The van der Waals surface area contributed by atoms with Crippen LogP contribution in [-0.4, -0.2) is 18.1 Å². The quantitative estimate of drug-likeness (QED) is 0.359. The molecule has 0 heterocycles. The lowest BCUT2D eigenvalue weighted by Gasteiger charge is -2.11. The zero-order chi connectivity index (χ0) is 14.4. The van der Waals surface area contributed by atoms with Crippen molar-refractivity contribution in [1.29, 1.82) is 0 Å². The first-order valence-electron chi connectivity index (χ1n) is 7.74. The highest BCUT2D eigenvalue weighted by molar-refractivity contribution is 7.47. The van der Waals surface area contributed by atoms with Gasteiger partial charge in [0.25, 0.3) is 0 Å². The molecule has 0 aliphatic rings. The van der Waals surface area contributed by atoms with E-state index in [1.54, 1.807) is 0 Å². The van der Waals surface area contributed by atoms with Gasteiger partial charge >= 0.3 is 7.82 Å². The first-order valence-corrected chi connectivity index (χ1v) is 9.23. The van der Waals surface area contributed by atoms with Crippen LogP contribution in [0.2, 0.25) is 0 Å². The number of hydrogen-bond acceptors (Lipinski definition) is 3. The molecule has 0 aliphatic heterocycles. The molecule has 0 aromatic rings. The van der Waals surface area contributed by atoms with Crippen LogP contribution >= 0.6 is 7.82 Å². The van der Waals surface area contributed by atoms with Crippen LogP contribution in [0, 0.1) is 0 Å². The van der Waals surface area contributed by atoms with E-state index in [2.05, 4.69) is 13.8 Å². The highest BCUT2D eigenvalue weighted by atomic mass is 31.2. The molecule has 19 heavy (non-hydrogen) atoms. The van der Waals surface area contributed by atoms with Gasteiger partial charge in [0.1, 0.15) is 0 Å². The monoisotopic (exact) mass is 294 g/mol. The number of phosphoric ester groups is 1. The summed E-state index contributed by atoms with van der Waals surface area (Å²) in [6, 6.07) is 0. The van der Waals surface area contributed by atoms with Crippen LogP contribution in [0.15, 0.2) is 0 Å². The van der Waals surface area contributed by atoms with Crippen molar-refractivity contribution in [3.8, 4) is 0 Å². The van der Waals surface area contributed by atoms with E-state index in [1.165, 1.54) is 25.7 Å². The third kappa shape index (κ3) is 14.3. The van der Waals surface area contributed by atoms with Crippen molar-refractivity contribution in [2.24, 2.45) is 0 Å². The van der Waals surface area contributed by atoms with Crippen LogP contribution in [0.5, 0.6) is 0 Å². The second kappa shape index (κ2) is 13.1. The predicted octanol–water partition coefficient (Wildman–Crippen LogP) is 5.06. The average Bonchev–Trinajstić information content (AvgIpc) is 2.37. The van der Waals surface area contributed by atoms with Gasteiger partial charge in [-0.25, -0.2) is 4.57 Å². The molecule has 0 radical (unpaired) electrons. The Balaban J connectivity index is 3.38. The van der Waals surface area contributed by atoms with Gasteiger partial charge in [-0.2, -0.15) is 0 Å². The van der Waals surface area contributed by atoms with Crippen LogP contribution < -0.4 is 0 Å². The minimum Gasteiger partial charge on any atom is -0.302 e. The molecule has 0 aromatic heterocycles. The van der Waals surface area contributed by atoms with E-state index in [4.69, 9.17) is 9.05 Å². The topological polar surface area (TPSA) is 55.8 Å². The highest BCUT2D eigenvalue weighted by Crippen LogP contribution is 2.43. The van der Waals surface area contributed by atoms with Crippen molar-refractivity contribution in [3.63, 3.8) is 0 Å². The van der Waals surface area contributed by atoms with Crippen LogP contribution in [0.4, 0.5) is 0 Å². The third-order valence-electron chi connectivity index (χ3n) is 3.00. The van der Waals surface area contributed by atoms with Gasteiger partial charge in [-0.1, -0.05) is 65.2 Å². The third-order valence-corrected chi connectivity index (χ3v) is 4.02. The molecule has 0 rings (SSSR count). The predicted molar refractivity (Wildman–Crippen MR) is 79.2 cm³/mol. The molecule has 0 bridgehead atoms. The maximum atomic E-state index is 11.5. The van der Waals surface area contributed by atoms with E-state index in [0.29, 0.717) is 13.2 Å². The molecule has 0 aliphatic carbocycles. The molecule has 0 saturated heterocycles. The van der Waals surface area contributed by atoms with E-state index in [-0.39, 0.29) is 0 Å². The van der Waals surface area contributed by atoms with E-state index in [0.717, 1.165) is 38.5 Å². The SMILES string of the molecule is CCCCCCCCOP(=O)(O)OCCCCCC. The normalized spacial score (nSPS) is 14.5.